The van der Waals surface area contributed by atoms with Gasteiger partial charge in [0.1, 0.15) is 5.75 Å². The van der Waals surface area contributed by atoms with E-state index in [-0.39, 0.29) is 0 Å². The van der Waals surface area contributed by atoms with Crippen LogP contribution in [0.15, 0.2) is 36.1 Å². The van der Waals surface area contributed by atoms with Gasteiger partial charge in [-0.2, -0.15) is 0 Å². The Hall–Kier alpha value is -2.49. The molecule has 0 atom stereocenters. The topological polar surface area (TPSA) is 49.8 Å². The molecule has 4 heteroatoms. The Bertz CT molecular complexity index is 802. The van der Waals surface area contributed by atoms with E-state index in [0.29, 0.717) is 12.1 Å². The highest BCUT2D eigenvalue weighted by Crippen LogP contribution is 2.24. The van der Waals surface area contributed by atoms with Crippen molar-refractivity contribution in [3.8, 4) is 5.75 Å². The number of fused-ring (bicyclic) bond motifs is 4. The fraction of sp³-hybridized carbons (Fsp3) is 0.188. The zero-order chi connectivity index (χ0) is 13.7. The molecule has 0 aromatic heterocycles. The molecule has 0 fully saturated rings. The third-order valence-electron chi connectivity index (χ3n) is 3.95. The Labute approximate surface area is 115 Å². The maximum atomic E-state index is 11.1. The molecule has 4 rings (SSSR count). The number of rotatable bonds is 1. The number of hydrogen-bond acceptors (Lipinski definition) is 3. The predicted molar refractivity (Wildman–Crippen MR) is 74.3 cm³/mol. The average Bonchev–Trinajstić information content (AvgIpc) is 2.94. The molecule has 3 aliphatic heterocycles. The van der Waals surface area contributed by atoms with Crippen molar-refractivity contribution in [2.75, 3.05) is 13.2 Å². The molecule has 4 nitrogen and oxygen atoms in total. The summed E-state index contributed by atoms with van der Waals surface area (Å²) in [6, 6.07) is 4.10. The van der Waals surface area contributed by atoms with Crippen LogP contribution in [-0.2, 0) is 11.2 Å². The van der Waals surface area contributed by atoms with Crippen LogP contribution in [0, 0.1) is 0 Å². The van der Waals surface area contributed by atoms with Gasteiger partial charge in [0.2, 0.25) is 0 Å². The molecule has 0 bridgehead atoms. The summed E-state index contributed by atoms with van der Waals surface area (Å²) >= 11 is 0. The number of carboxylic acids is 1. The summed E-state index contributed by atoms with van der Waals surface area (Å²) in [6.45, 7) is 1.42. The molecule has 0 saturated heterocycles. The lowest BCUT2D eigenvalue weighted by molar-refractivity contribution is -0.132. The first-order chi connectivity index (χ1) is 9.74. The Balaban J connectivity index is 1.99. The van der Waals surface area contributed by atoms with E-state index in [1.807, 2.05) is 17.0 Å². The Morgan fingerprint density at radius 2 is 2.20 bits per heavy atom. The van der Waals surface area contributed by atoms with Gasteiger partial charge < -0.3 is 14.7 Å². The van der Waals surface area contributed by atoms with Gasteiger partial charge in [-0.1, -0.05) is 12.1 Å². The molecule has 1 aromatic carbocycles. The molecular weight excluding hydrogens is 254 g/mol. The molecule has 0 amide bonds. The first-order valence-corrected chi connectivity index (χ1v) is 6.63. The van der Waals surface area contributed by atoms with Crippen LogP contribution in [-0.4, -0.2) is 29.1 Å². The fourth-order valence-corrected chi connectivity index (χ4v) is 3.01. The molecule has 3 heterocycles. The van der Waals surface area contributed by atoms with Gasteiger partial charge in [-0.15, -0.1) is 0 Å². The van der Waals surface area contributed by atoms with Gasteiger partial charge in [-0.3, -0.25) is 0 Å². The zero-order valence-corrected chi connectivity index (χ0v) is 10.8. The lowest BCUT2D eigenvalue weighted by Crippen LogP contribution is -2.40. The van der Waals surface area contributed by atoms with Crippen LogP contribution in [0.4, 0.5) is 0 Å². The Morgan fingerprint density at radius 1 is 1.30 bits per heavy atom. The third kappa shape index (κ3) is 1.51. The summed E-state index contributed by atoms with van der Waals surface area (Å²) < 4.78 is 5.62. The van der Waals surface area contributed by atoms with Crippen molar-refractivity contribution in [3.63, 3.8) is 0 Å². The Kier molecular flexibility index (Phi) is 2.27. The lowest BCUT2D eigenvalue weighted by Gasteiger charge is -2.27. The molecule has 1 N–H and O–H groups in total. The first kappa shape index (κ1) is 11.3. The van der Waals surface area contributed by atoms with Gasteiger partial charge in [0.15, 0.2) is 0 Å². The molecular formula is C16H13NO3. The molecule has 100 valence electrons. The maximum absolute atomic E-state index is 11.1. The second kappa shape index (κ2) is 4.00. The van der Waals surface area contributed by atoms with Crippen LogP contribution in [0.25, 0.3) is 11.8 Å². The first-order valence-electron chi connectivity index (χ1n) is 6.63. The van der Waals surface area contributed by atoms with Crippen molar-refractivity contribution in [1.29, 1.82) is 0 Å². The second-order valence-corrected chi connectivity index (χ2v) is 5.07. The largest absolute Gasteiger partial charge is 0.493 e. The minimum atomic E-state index is -0.896. The summed E-state index contributed by atoms with van der Waals surface area (Å²) in [7, 11) is 0. The highest BCUT2D eigenvalue weighted by molar-refractivity contribution is 5.91. The molecule has 0 radical (unpaired) electrons. The maximum Gasteiger partial charge on any atom is 0.337 e. The van der Waals surface area contributed by atoms with Crippen molar-refractivity contribution < 1.29 is 14.6 Å². The van der Waals surface area contributed by atoms with E-state index in [0.717, 1.165) is 24.5 Å². The monoisotopic (exact) mass is 267 g/mol. The SMILES string of the molecule is O=C(O)C1=CN2CC=c3ccc4c(c3=C2C=C1)CCO4. The van der Waals surface area contributed by atoms with E-state index in [2.05, 4.69) is 12.1 Å². The third-order valence-corrected chi connectivity index (χ3v) is 3.95. The minimum Gasteiger partial charge on any atom is -0.493 e. The zero-order valence-electron chi connectivity index (χ0n) is 10.8. The lowest BCUT2D eigenvalue weighted by atomic mass is 10.00. The minimum absolute atomic E-state index is 0.314. The number of carbonyl (C=O) groups is 1. The van der Waals surface area contributed by atoms with Crippen LogP contribution < -0.4 is 15.2 Å². The van der Waals surface area contributed by atoms with E-state index >= 15 is 0 Å². The van der Waals surface area contributed by atoms with E-state index in [4.69, 9.17) is 9.84 Å². The predicted octanol–water partition coefficient (Wildman–Crippen LogP) is 0.364. The molecule has 0 saturated carbocycles. The normalized spacial score (nSPS) is 18.5. The van der Waals surface area contributed by atoms with Crippen LogP contribution in [0.2, 0.25) is 0 Å². The molecule has 0 aliphatic carbocycles. The van der Waals surface area contributed by atoms with E-state index < -0.39 is 5.97 Å². The Morgan fingerprint density at radius 3 is 3.05 bits per heavy atom. The van der Waals surface area contributed by atoms with E-state index in [1.54, 1.807) is 12.3 Å². The number of nitrogens with zero attached hydrogens (tertiary/aromatic N) is 1. The average molecular weight is 267 g/mol. The quantitative estimate of drug-likeness (QED) is 0.798. The van der Waals surface area contributed by atoms with Crippen LogP contribution >= 0.6 is 0 Å². The summed E-state index contributed by atoms with van der Waals surface area (Å²) in [4.78, 5) is 13.1. The number of benzene rings is 1. The highest BCUT2D eigenvalue weighted by atomic mass is 16.5. The smallest absolute Gasteiger partial charge is 0.337 e. The van der Waals surface area contributed by atoms with Crippen molar-refractivity contribution in [1.82, 2.24) is 4.90 Å². The van der Waals surface area contributed by atoms with Gasteiger partial charge in [0, 0.05) is 35.6 Å². The number of aliphatic carboxylic acids is 1. The molecule has 0 spiro atoms. The molecule has 1 aromatic rings. The molecule has 20 heavy (non-hydrogen) atoms. The molecule has 3 aliphatic rings. The number of carboxylic acid groups (broad SMARTS) is 1. The van der Waals surface area contributed by atoms with Crippen LogP contribution in [0.3, 0.4) is 0 Å². The second-order valence-electron chi connectivity index (χ2n) is 5.07. The van der Waals surface area contributed by atoms with Crippen LogP contribution in [0.5, 0.6) is 5.75 Å². The summed E-state index contributed by atoms with van der Waals surface area (Å²) in [5.74, 6) is 0.0561. The number of ether oxygens (including phenoxy) is 1. The highest BCUT2D eigenvalue weighted by Gasteiger charge is 2.21. The van der Waals surface area contributed by atoms with E-state index in [9.17, 15) is 4.79 Å². The molecule has 0 unspecified atom stereocenters. The van der Waals surface area contributed by atoms with E-state index in [1.165, 1.54) is 16.0 Å². The van der Waals surface area contributed by atoms with Gasteiger partial charge >= 0.3 is 5.97 Å². The van der Waals surface area contributed by atoms with Crippen LogP contribution in [0.1, 0.15) is 5.56 Å². The van der Waals surface area contributed by atoms with Crippen molar-refractivity contribution in [2.24, 2.45) is 0 Å². The van der Waals surface area contributed by atoms with Crippen molar-refractivity contribution >= 4 is 17.7 Å². The standard InChI is InChI=1S/C16H13NO3/c18-16(19)11-1-3-13-15-10(5-7-17(13)9-11)2-4-14-12(15)6-8-20-14/h1-5,9H,6-8H2,(H,18,19). The fourth-order valence-electron chi connectivity index (χ4n) is 3.01. The number of hydrogen-bond donors (Lipinski definition) is 1. The van der Waals surface area contributed by atoms with Gasteiger partial charge in [0.25, 0.3) is 0 Å². The van der Waals surface area contributed by atoms with Gasteiger partial charge in [-0.05, 0) is 23.4 Å². The summed E-state index contributed by atoms with van der Waals surface area (Å²) in [6.07, 6.45) is 8.30. The van der Waals surface area contributed by atoms with Gasteiger partial charge in [0.05, 0.1) is 12.2 Å². The van der Waals surface area contributed by atoms with Crippen molar-refractivity contribution in [3.05, 3.63) is 52.1 Å². The summed E-state index contributed by atoms with van der Waals surface area (Å²) in [5.41, 5.74) is 2.61. The summed E-state index contributed by atoms with van der Waals surface area (Å²) in [5, 5.41) is 11.5. The van der Waals surface area contributed by atoms with Crippen molar-refractivity contribution in [2.45, 2.75) is 6.42 Å². The van der Waals surface area contributed by atoms with Gasteiger partial charge in [-0.25, -0.2) is 4.79 Å².